The maximum Gasteiger partial charge on any atom is 0.263 e. The second-order valence-corrected chi connectivity index (χ2v) is 5.85. The van der Waals surface area contributed by atoms with Crippen molar-refractivity contribution >= 4 is 40.5 Å². The lowest BCUT2D eigenvalue weighted by Gasteiger charge is -2.13. The van der Waals surface area contributed by atoms with Crippen LogP contribution in [0.1, 0.15) is 15.9 Å². The van der Waals surface area contributed by atoms with Crippen LogP contribution in [0.2, 0.25) is 5.02 Å². The standard InChI is InChI=1S/C16H11ClF4N2O2S/c1-6-3-4-7(5-8(6)17)22-16(26)23-15(24)9-10(18)12(20)14(25-2)13(21)11(9)19/h3-5H,1-2H3,(H2,22,23,24,26). The molecule has 0 spiro atoms. The van der Waals surface area contributed by atoms with Crippen LogP contribution >= 0.6 is 23.8 Å². The number of nitrogens with one attached hydrogen (secondary N) is 2. The molecule has 0 atom stereocenters. The maximum atomic E-state index is 13.9. The number of rotatable bonds is 3. The first-order valence-corrected chi connectivity index (χ1v) is 7.74. The number of carbonyl (C=O) groups is 1. The first-order valence-electron chi connectivity index (χ1n) is 6.95. The van der Waals surface area contributed by atoms with Crippen LogP contribution in [0, 0.1) is 30.2 Å². The van der Waals surface area contributed by atoms with Crippen molar-refractivity contribution < 1.29 is 27.1 Å². The van der Waals surface area contributed by atoms with Crippen molar-refractivity contribution in [3.05, 3.63) is 57.6 Å². The molecule has 0 aliphatic carbocycles. The van der Waals surface area contributed by atoms with Crippen molar-refractivity contribution in [2.75, 3.05) is 12.4 Å². The van der Waals surface area contributed by atoms with Gasteiger partial charge in [-0.2, -0.15) is 8.78 Å². The summed E-state index contributed by atoms with van der Waals surface area (Å²) in [4.78, 5) is 12.0. The fraction of sp³-hybridized carbons (Fsp3) is 0.125. The summed E-state index contributed by atoms with van der Waals surface area (Å²) in [5, 5.41) is 4.56. The maximum absolute atomic E-state index is 13.9. The number of methoxy groups -OCH3 is 1. The van der Waals surface area contributed by atoms with Crippen molar-refractivity contribution in [2.45, 2.75) is 6.92 Å². The Balaban J connectivity index is 2.24. The monoisotopic (exact) mass is 406 g/mol. The van der Waals surface area contributed by atoms with Gasteiger partial charge in [0.15, 0.2) is 22.5 Å². The van der Waals surface area contributed by atoms with Crippen LogP contribution in [0.3, 0.4) is 0 Å². The van der Waals surface area contributed by atoms with E-state index < -0.39 is 40.5 Å². The Morgan fingerprint density at radius 3 is 2.19 bits per heavy atom. The lowest BCUT2D eigenvalue weighted by molar-refractivity contribution is 0.0966. The molecule has 10 heteroatoms. The van der Waals surface area contributed by atoms with E-state index >= 15 is 0 Å². The smallest absolute Gasteiger partial charge is 0.263 e. The summed E-state index contributed by atoms with van der Waals surface area (Å²) in [6.07, 6.45) is 0. The highest BCUT2D eigenvalue weighted by atomic mass is 35.5. The summed E-state index contributed by atoms with van der Waals surface area (Å²) >= 11 is 10.8. The molecule has 2 rings (SSSR count). The van der Waals surface area contributed by atoms with E-state index in [2.05, 4.69) is 10.1 Å². The molecule has 0 heterocycles. The second kappa shape index (κ2) is 7.88. The molecule has 0 unspecified atom stereocenters. The van der Waals surface area contributed by atoms with Crippen LogP contribution in [0.4, 0.5) is 23.2 Å². The highest BCUT2D eigenvalue weighted by molar-refractivity contribution is 7.80. The number of benzene rings is 2. The van der Waals surface area contributed by atoms with Gasteiger partial charge < -0.3 is 10.1 Å². The topological polar surface area (TPSA) is 50.4 Å². The summed E-state index contributed by atoms with van der Waals surface area (Å²) in [6, 6.07) is 4.76. The van der Waals surface area contributed by atoms with Gasteiger partial charge in [-0.05, 0) is 36.8 Å². The first kappa shape index (κ1) is 19.9. The van der Waals surface area contributed by atoms with Gasteiger partial charge in [0, 0.05) is 10.7 Å². The molecule has 0 radical (unpaired) electrons. The van der Waals surface area contributed by atoms with Crippen LogP contribution in [0.5, 0.6) is 5.75 Å². The highest BCUT2D eigenvalue weighted by Crippen LogP contribution is 2.29. The Morgan fingerprint density at radius 2 is 1.69 bits per heavy atom. The molecule has 1 amide bonds. The molecule has 2 aromatic carbocycles. The molecule has 0 aliphatic heterocycles. The minimum atomic E-state index is -1.90. The third-order valence-corrected chi connectivity index (χ3v) is 3.92. The normalized spacial score (nSPS) is 10.4. The second-order valence-electron chi connectivity index (χ2n) is 5.04. The average molecular weight is 407 g/mol. The molecule has 0 fully saturated rings. The molecular weight excluding hydrogens is 396 g/mol. The predicted molar refractivity (Wildman–Crippen MR) is 92.7 cm³/mol. The minimum Gasteiger partial charge on any atom is -0.491 e. The average Bonchev–Trinajstić information content (AvgIpc) is 2.57. The van der Waals surface area contributed by atoms with E-state index in [1.165, 1.54) is 6.07 Å². The van der Waals surface area contributed by atoms with Gasteiger partial charge in [-0.25, -0.2) is 8.78 Å². The van der Waals surface area contributed by atoms with Gasteiger partial charge in [0.2, 0.25) is 11.6 Å². The molecule has 2 N–H and O–H groups in total. The fourth-order valence-electron chi connectivity index (χ4n) is 1.99. The molecule has 138 valence electrons. The number of hydrogen-bond donors (Lipinski definition) is 2. The molecule has 0 aliphatic rings. The van der Waals surface area contributed by atoms with Crippen LogP contribution in [0.25, 0.3) is 0 Å². The number of amides is 1. The van der Waals surface area contributed by atoms with E-state index in [0.29, 0.717) is 10.7 Å². The lowest BCUT2D eigenvalue weighted by atomic mass is 10.1. The fourth-order valence-corrected chi connectivity index (χ4v) is 2.38. The molecule has 26 heavy (non-hydrogen) atoms. The molecule has 0 saturated carbocycles. The zero-order valence-electron chi connectivity index (χ0n) is 13.3. The van der Waals surface area contributed by atoms with Gasteiger partial charge in [0.05, 0.1) is 7.11 Å². The highest BCUT2D eigenvalue weighted by Gasteiger charge is 2.30. The van der Waals surface area contributed by atoms with E-state index in [1.54, 1.807) is 19.1 Å². The number of halogens is 5. The van der Waals surface area contributed by atoms with Gasteiger partial charge >= 0.3 is 0 Å². The van der Waals surface area contributed by atoms with Gasteiger partial charge in [-0.15, -0.1) is 0 Å². The van der Waals surface area contributed by atoms with Crippen LogP contribution in [-0.2, 0) is 0 Å². The summed E-state index contributed by atoms with van der Waals surface area (Å²) < 4.78 is 59.4. The zero-order chi connectivity index (χ0) is 19.6. The number of aryl methyl sites for hydroxylation is 1. The Labute approximate surface area is 156 Å². The summed E-state index contributed by atoms with van der Waals surface area (Å²) in [7, 11) is 0.825. The molecule has 0 saturated heterocycles. The predicted octanol–water partition coefficient (Wildman–Crippen LogP) is 4.34. The first-order chi connectivity index (χ1) is 12.2. The lowest BCUT2D eigenvalue weighted by Crippen LogP contribution is -2.35. The summed E-state index contributed by atoms with van der Waals surface area (Å²) in [6.45, 7) is 1.77. The zero-order valence-corrected chi connectivity index (χ0v) is 14.9. The van der Waals surface area contributed by atoms with E-state index in [1.807, 2.05) is 5.32 Å². The van der Waals surface area contributed by atoms with E-state index in [-0.39, 0.29) is 5.11 Å². The minimum absolute atomic E-state index is 0.356. The van der Waals surface area contributed by atoms with Crippen LogP contribution in [0.15, 0.2) is 18.2 Å². The number of anilines is 1. The molecular formula is C16H11ClF4N2O2S. The van der Waals surface area contributed by atoms with E-state index in [9.17, 15) is 22.4 Å². The van der Waals surface area contributed by atoms with Gasteiger partial charge in [-0.1, -0.05) is 17.7 Å². The van der Waals surface area contributed by atoms with Crippen molar-refractivity contribution in [3.63, 3.8) is 0 Å². The van der Waals surface area contributed by atoms with Crippen molar-refractivity contribution in [3.8, 4) is 5.75 Å². The van der Waals surface area contributed by atoms with Gasteiger partial charge in [-0.3, -0.25) is 10.1 Å². The van der Waals surface area contributed by atoms with E-state index in [4.69, 9.17) is 23.8 Å². The van der Waals surface area contributed by atoms with Crippen LogP contribution < -0.4 is 15.4 Å². The third kappa shape index (κ3) is 3.88. The Bertz CT molecular complexity index is 879. The molecule has 2 aromatic rings. The Hall–Kier alpha value is -2.39. The van der Waals surface area contributed by atoms with Crippen molar-refractivity contribution in [1.82, 2.24) is 5.32 Å². The summed E-state index contributed by atoms with van der Waals surface area (Å²) in [5.41, 5.74) is -0.286. The SMILES string of the molecule is COc1c(F)c(F)c(C(=O)NC(=S)Nc2ccc(C)c(Cl)c2)c(F)c1F. The summed E-state index contributed by atoms with van der Waals surface area (Å²) in [5.74, 6) is -10.2. The molecule has 4 nitrogen and oxygen atoms in total. The van der Waals surface area contributed by atoms with Gasteiger partial charge in [0.1, 0.15) is 5.56 Å². The quantitative estimate of drug-likeness (QED) is 0.452. The Morgan fingerprint density at radius 1 is 1.12 bits per heavy atom. The van der Waals surface area contributed by atoms with Crippen molar-refractivity contribution in [2.24, 2.45) is 0 Å². The van der Waals surface area contributed by atoms with Crippen molar-refractivity contribution in [1.29, 1.82) is 0 Å². The van der Waals surface area contributed by atoms with Gasteiger partial charge in [0.25, 0.3) is 5.91 Å². The molecule has 0 bridgehead atoms. The number of thiocarbonyl (C=S) groups is 1. The molecule has 0 aromatic heterocycles. The Kier molecular flexibility index (Phi) is 6.04. The third-order valence-electron chi connectivity index (χ3n) is 3.31. The number of ether oxygens (including phenoxy) is 1. The largest absolute Gasteiger partial charge is 0.491 e. The van der Waals surface area contributed by atoms with E-state index in [0.717, 1.165) is 12.7 Å². The van der Waals surface area contributed by atoms with Crippen LogP contribution in [-0.4, -0.2) is 18.1 Å². The number of carbonyl (C=O) groups excluding carboxylic acids is 1. The number of hydrogen-bond acceptors (Lipinski definition) is 3.